The number of carbonyl (C=O) groups is 4. The number of aromatic nitrogens is 1. The van der Waals surface area contributed by atoms with Crippen molar-refractivity contribution in [1.82, 2.24) is 25.8 Å². The number of β-amino-alcohol motifs (C(OH)–C–C–N with tert-alkyl or cyclic N) is 1. The Morgan fingerprint density at radius 1 is 1.15 bits per heavy atom. The molecule has 12 heteroatoms. The Bertz CT molecular complexity index is 1210. The molecule has 4 amide bonds. The molecule has 5 N–H and O–H groups in total. The number of hydrogen-bond donors (Lipinski definition) is 5. The maximum atomic E-state index is 13.7. The van der Waals surface area contributed by atoms with Crippen LogP contribution in [0.2, 0.25) is 0 Å². The molecule has 11 nitrogen and oxygen atoms in total. The van der Waals surface area contributed by atoms with E-state index in [-0.39, 0.29) is 44.3 Å². The van der Waals surface area contributed by atoms with E-state index in [1.54, 1.807) is 16.8 Å². The zero-order valence-electron chi connectivity index (χ0n) is 23.6. The van der Waals surface area contributed by atoms with Gasteiger partial charge in [-0.05, 0) is 36.8 Å². The summed E-state index contributed by atoms with van der Waals surface area (Å²) in [6, 6.07) is 5.71. The number of thiazole rings is 1. The van der Waals surface area contributed by atoms with E-state index in [4.69, 9.17) is 5.11 Å². The summed E-state index contributed by atoms with van der Waals surface area (Å²) in [6.07, 6.45) is -1.63. The van der Waals surface area contributed by atoms with Crippen LogP contribution in [-0.2, 0) is 14.4 Å². The average Bonchev–Trinajstić information content (AvgIpc) is 3.49. The Morgan fingerprint density at radius 2 is 1.82 bits per heavy atom. The molecule has 1 aliphatic rings. The van der Waals surface area contributed by atoms with Gasteiger partial charge in [-0.3, -0.25) is 14.4 Å². The van der Waals surface area contributed by atoms with Gasteiger partial charge < -0.3 is 31.1 Å². The molecule has 40 heavy (non-hydrogen) atoms. The Balaban J connectivity index is 1.67. The number of aliphatic hydroxyl groups excluding tert-OH is 1. The van der Waals surface area contributed by atoms with Crippen molar-refractivity contribution in [3.05, 3.63) is 41.0 Å². The summed E-state index contributed by atoms with van der Waals surface area (Å²) >= 11 is 1.57. The van der Waals surface area contributed by atoms with Crippen molar-refractivity contribution in [2.24, 2.45) is 5.41 Å². The summed E-state index contributed by atoms with van der Waals surface area (Å²) in [7, 11) is 0. The van der Waals surface area contributed by atoms with Crippen molar-refractivity contribution >= 4 is 35.2 Å². The molecule has 1 saturated heterocycles. The molecule has 3 rings (SSSR count). The van der Waals surface area contributed by atoms with Gasteiger partial charge in [-0.1, -0.05) is 45.0 Å². The van der Waals surface area contributed by atoms with Crippen LogP contribution in [0, 0.1) is 12.3 Å². The van der Waals surface area contributed by atoms with Gasteiger partial charge in [0, 0.05) is 25.9 Å². The van der Waals surface area contributed by atoms with Crippen LogP contribution in [0.1, 0.15) is 64.3 Å². The van der Waals surface area contributed by atoms with Gasteiger partial charge in [-0.15, -0.1) is 11.3 Å². The molecule has 4 atom stereocenters. The van der Waals surface area contributed by atoms with Gasteiger partial charge in [-0.2, -0.15) is 0 Å². The van der Waals surface area contributed by atoms with Crippen molar-refractivity contribution in [1.29, 1.82) is 0 Å². The number of aliphatic hydroxyl groups is 1. The summed E-state index contributed by atoms with van der Waals surface area (Å²) in [5, 5.41) is 27.0. The molecular formula is C28H39N5O6S. The second-order valence-corrected chi connectivity index (χ2v) is 12.1. The molecule has 0 radical (unpaired) electrons. The van der Waals surface area contributed by atoms with Crippen LogP contribution in [0.25, 0.3) is 10.4 Å². The highest BCUT2D eigenvalue weighted by molar-refractivity contribution is 7.13. The van der Waals surface area contributed by atoms with Gasteiger partial charge >= 0.3 is 6.09 Å². The van der Waals surface area contributed by atoms with Crippen LogP contribution >= 0.6 is 11.3 Å². The van der Waals surface area contributed by atoms with Crippen LogP contribution in [0.4, 0.5) is 4.79 Å². The predicted molar refractivity (Wildman–Crippen MR) is 152 cm³/mol. The van der Waals surface area contributed by atoms with Gasteiger partial charge in [0.15, 0.2) is 0 Å². The number of aryl methyl sites for hydroxylation is 1. The Labute approximate surface area is 238 Å². The lowest BCUT2D eigenvalue weighted by Crippen LogP contribution is -2.57. The summed E-state index contributed by atoms with van der Waals surface area (Å²) in [4.78, 5) is 56.9. The van der Waals surface area contributed by atoms with Crippen LogP contribution in [0.3, 0.4) is 0 Å². The van der Waals surface area contributed by atoms with Gasteiger partial charge in [0.2, 0.25) is 17.7 Å². The first-order chi connectivity index (χ1) is 18.8. The standard InChI is InChI=1S/C28H39N5O6S/c1-16(18-8-10-19(11-9-18)23-17(2)30-15-40-23)31-25(36)21-13-20(34)14-33(21)26(37)24(28(3,4)5)32-22(35)7-6-12-29-27(38)39/h8-11,15-16,20-21,24,29,34H,6-7,12-14H2,1-5H3,(H,31,36)(H,32,35)(H,38,39)/t16?,20-,21+,24?/m1/s1. The normalized spacial score (nSPS) is 18.6. The quantitative estimate of drug-likeness (QED) is 0.273. The first-order valence-corrected chi connectivity index (χ1v) is 14.2. The highest BCUT2D eigenvalue weighted by Gasteiger charge is 2.44. The van der Waals surface area contributed by atoms with Gasteiger partial charge in [-0.25, -0.2) is 9.78 Å². The van der Waals surface area contributed by atoms with E-state index in [9.17, 15) is 24.3 Å². The maximum absolute atomic E-state index is 13.7. The molecule has 0 bridgehead atoms. The first kappa shape index (κ1) is 31.0. The maximum Gasteiger partial charge on any atom is 0.404 e. The monoisotopic (exact) mass is 573 g/mol. The van der Waals surface area contributed by atoms with Gasteiger partial charge in [0.05, 0.1) is 28.2 Å². The van der Waals surface area contributed by atoms with Crippen LogP contribution in [0.5, 0.6) is 0 Å². The topological polar surface area (TPSA) is 161 Å². The highest BCUT2D eigenvalue weighted by atomic mass is 32.1. The smallest absolute Gasteiger partial charge is 0.404 e. The zero-order valence-corrected chi connectivity index (χ0v) is 24.4. The minimum absolute atomic E-state index is 0.0147. The average molecular weight is 574 g/mol. The number of carbonyl (C=O) groups excluding carboxylic acids is 3. The number of nitrogens with zero attached hydrogens (tertiary/aromatic N) is 2. The Kier molecular flexibility index (Phi) is 10.3. The SMILES string of the molecule is Cc1ncsc1-c1ccc(C(C)NC(=O)[C@@H]2C[C@@H](O)CN2C(=O)C(NC(=O)CCCNC(=O)O)C(C)(C)C)cc1. The second-order valence-electron chi connectivity index (χ2n) is 11.2. The van der Waals surface area contributed by atoms with Crippen LogP contribution in [0.15, 0.2) is 29.8 Å². The molecule has 0 spiro atoms. The molecular weight excluding hydrogens is 534 g/mol. The summed E-state index contributed by atoms with van der Waals surface area (Å²) in [6.45, 7) is 9.35. The van der Waals surface area contributed by atoms with Crippen molar-refractivity contribution in [2.45, 2.75) is 78.1 Å². The van der Waals surface area contributed by atoms with E-state index in [1.165, 1.54) is 4.90 Å². The lowest BCUT2D eigenvalue weighted by molar-refractivity contribution is -0.144. The van der Waals surface area contributed by atoms with E-state index < -0.39 is 41.5 Å². The number of hydrogen-bond acceptors (Lipinski definition) is 7. The van der Waals surface area contributed by atoms with Crippen molar-refractivity contribution in [3.63, 3.8) is 0 Å². The third kappa shape index (κ3) is 8.01. The molecule has 1 aliphatic heterocycles. The number of nitrogens with one attached hydrogen (secondary N) is 3. The fourth-order valence-electron chi connectivity index (χ4n) is 4.69. The number of amides is 4. The van der Waals surface area contributed by atoms with Crippen LogP contribution in [-0.4, -0.2) is 75.2 Å². The summed E-state index contributed by atoms with van der Waals surface area (Å²) in [5.74, 6) is -1.22. The molecule has 218 valence electrons. The lowest BCUT2D eigenvalue weighted by atomic mass is 9.85. The molecule has 1 aromatic heterocycles. The van der Waals surface area contributed by atoms with E-state index >= 15 is 0 Å². The third-order valence-electron chi connectivity index (χ3n) is 6.92. The Morgan fingerprint density at radius 3 is 2.40 bits per heavy atom. The van der Waals surface area contributed by atoms with Crippen LogP contribution < -0.4 is 16.0 Å². The van der Waals surface area contributed by atoms with Crippen molar-refractivity contribution in [3.8, 4) is 10.4 Å². The van der Waals surface area contributed by atoms with Crippen molar-refractivity contribution in [2.75, 3.05) is 13.1 Å². The molecule has 1 aromatic carbocycles. The summed E-state index contributed by atoms with van der Waals surface area (Å²) < 4.78 is 0. The Hall–Kier alpha value is -3.51. The minimum atomic E-state index is -1.17. The lowest BCUT2D eigenvalue weighted by Gasteiger charge is -2.35. The highest BCUT2D eigenvalue weighted by Crippen LogP contribution is 2.29. The zero-order chi connectivity index (χ0) is 29.6. The number of carboxylic acid groups (broad SMARTS) is 1. The fourth-order valence-corrected chi connectivity index (χ4v) is 5.50. The predicted octanol–water partition coefficient (Wildman–Crippen LogP) is 2.84. The third-order valence-corrected chi connectivity index (χ3v) is 7.89. The molecule has 0 aliphatic carbocycles. The fraction of sp³-hybridized carbons (Fsp3) is 0.536. The van der Waals surface area contributed by atoms with E-state index in [0.717, 1.165) is 21.7 Å². The molecule has 0 saturated carbocycles. The minimum Gasteiger partial charge on any atom is -0.465 e. The molecule has 2 unspecified atom stereocenters. The van der Waals surface area contributed by atoms with E-state index in [0.29, 0.717) is 0 Å². The number of likely N-dealkylation sites (tertiary alicyclic amines) is 1. The van der Waals surface area contributed by atoms with Gasteiger partial charge in [0.1, 0.15) is 12.1 Å². The first-order valence-electron chi connectivity index (χ1n) is 13.3. The molecule has 1 fully saturated rings. The number of benzene rings is 1. The largest absolute Gasteiger partial charge is 0.465 e. The molecule has 2 aromatic rings. The number of rotatable bonds is 10. The summed E-state index contributed by atoms with van der Waals surface area (Å²) in [5.41, 5.74) is 4.04. The van der Waals surface area contributed by atoms with Crippen molar-refractivity contribution < 1.29 is 29.4 Å². The molecule has 2 heterocycles. The van der Waals surface area contributed by atoms with Gasteiger partial charge in [0.25, 0.3) is 0 Å². The second kappa shape index (κ2) is 13.2. The van der Waals surface area contributed by atoms with E-state index in [2.05, 4.69) is 20.9 Å². The van der Waals surface area contributed by atoms with E-state index in [1.807, 2.05) is 58.9 Å².